The van der Waals surface area contributed by atoms with Gasteiger partial charge in [-0.15, -0.1) is 0 Å². The Hall–Kier alpha value is -2.17. The number of rotatable bonds is 4. The van der Waals surface area contributed by atoms with Crippen LogP contribution in [0.3, 0.4) is 0 Å². The van der Waals surface area contributed by atoms with Gasteiger partial charge >= 0.3 is 6.03 Å². The van der Waals surface area contributed by atoms with E-state index >= 15 is 0 Å². The van der Waals surface area contributed by atoms with Crippen LogP contribution in [-0.4, -0.2) is 17.8 Å². The highest BCUT2D eigenvalue weighted by Gasteiger charge is 2.53. The minimum Gasteiger partial charge on any atom is -0.276 e. The van der Waals surface area contributed by atoms with E-state index in [0.29, 0.717) is 18.5 Å². The Balaban J connectivity index is 2.47. The predicted octanol–water partition coefficient (Wildman–Crippen LogP) is 2.71. The average Bonchev–Trinajstić information content (AvgIpc) is 2.44. The largest absolute Gasteiger partial charge is 0.335 e. The first kappa shape index (κ1) is 15.2. The van der Waals surface area contributed by atoms with Crippen molar-refractivity contribution in [3.8, 4) is 0 Å². The molecule has 1 aliphatic heterocycles. The molecule has 1 aromatic carbocycles. The van der Waals surface area contributed by atoms with E-state index in [0.717, 1.165) is 4.90 Å². The molecule has 0 aliphatic carbocycles. The standard InChI is InChI=1S/C16H20N2O3/c1-4-16(10-11(2)3)13(19)17-15(21)18(14(16)20)12-8-6-5-7-9-12/h5-9,11H,4,10H2,1-3H3,(H,17,19,21). The van der Waals surface area contributed by atoms with E-state index in [9.17, 15) is 14.4 Å². The Kier molecular flexibility index (Phi) is 4.11. The van der Waals surface area contributed by atoms with Crippen LogP contribution in [0.15, 0.2) is 30.3 Å². The highest BCUT2D eigenvalue weighted by molar-refractivity contribution is 6.29. The molecule has 4 amide bonds. The third-order valence-corrected chi connectivity index (χ3v) is 3.85. The van der Waals surface area contributed by atoms with Crippen molar-refractivity contribution in [2.45, 2.75) is 33.6 Å². The fourth-order valence-electron chi connectivity index (χ4n) is 2.82. The van der Waals surface area contributed by atoms with Gasteiger partial charge in [0, 0.05) is 0 Å². The summed E-state index contributed by atoms with van der Waals surface area (Å²) in [4.78, 5) is 38.3. The molecule has 2 rings (SSSR count). The fraction of sp³-hybridized carbons (Fsp3) is 0.438. The lowest BCUT2D eigenvalue weighted by Gasteiger charge is -2.39. The summed E-state index contributed by atoms with van der Waals surface area (Å²) >= 11 is 0. The van der Waals surface area contributed by atoms with Gasteiger partial charge < -0.3 is 0 Å². The molecule has 1 saturated heterocycles. The molecule has 0 saturated carbocycles. The van der Waals surface area contributed by atoms with E-state index in [4.69, 9.17) is 0 Å². The fourth-order valence-corrected chi connectivity index (χ4v) is 2.82. The molecule has 5 nitrogen and oxygen atoms in total. The molecule has 0 spiro atoms. The summed E-state index contributed by atoms with van der Waals surface area (Å²) in [6, 6.07) is 8.00. The normalized spacial score (nSPS) is 22.7. The molecule has 1 unspecified atom stereocenters. The first-order chi connectivity index (χ1) is 9.92. The minimum atomic E-state index is -1.17. The second-order valence-corrected chi connectivity index (χ2v) is 5.77. The SMILES string of the molecule is CCC1(CC(C)C)C(=O)NC(=O)N(c2ccccc2)C1=O. The summed E-state index contributed by atoms with van der Waals surface area (Å²) in [5, 5.41) is 2.33. The number of hydrogen-bond acceptors (Lipinski definition) is 3. The van der Waals surface area contributed by atoms with Crippen molar-refractivity contribution in [3.05, 3.63) is 30.3 Å². The zero-order valence-electron chi connectivity index (χ0n) is 12.6. The van der Waals surface area contributed by atoms with Gasteiger partial charge in [0.2, 0.25) is 5.91 Å². The van der Waals surface area contributed by atoms with Gasteiger partial charge in [0.25, 0.3) is 5.91 Å². The molecule has 1 aromatic rings. The van der Waals surface area contributed by atoms with Gasteiger partial charge in [-0.1, -0.05) is 39.0 Å². The van der Waals surface area contributed by atoms with E-state index in [-0.39, 0.29) is 5.92 Å². The number of carbonyl (C=O) groups excluding carboxylic acids is 3. The van der Waals surface area contributed by atoms with Crippen LogP contribution < -0.4 is 10.2 Å². The lowest BCUT2D eigenvalue weighted by molar-refractivity contribution is -0.144. The Labute approximate surface area is 124 Å². The molecular formula is C16H20N2O3. The van der Waals surface area contributed by atoms with Gasteiger partial charge in [-0.05, 0) is 30.9 Å². The Morgan fingerprint density at radius 2 is 1.76 bits per heavy atom. The number of para-hydroxylation sites is 1. The summed E-state index contributed by atoms with van der Waals surface area (Å²) in [5.74, 6) is -0.745. The average molecular weight is 288 g/mol. The quantitative estimate of drug-likeness (QED) is 0.866. The molecule has 1 N–H and O–H groups in total. The topological polar surface area (TPSA) is 66.5 Å². The number of barbiturate groups is 1. The van der Waals surface area contributed by atoms with Crippen molar-refractivity contribution in [2.24, 2.45) is 11.3 Å². The van der Waals surface area contributed by atoms with Gasteiger partial charge in [-0.2, -0.15) is 0 Å². The van der Waals surface area contributed by atoms with Crippen LogP contribution in [0.5, 0.6) is 0 Å². The maximum atomic E-state index is 12.9. The summed E-state index contributed by atoms with van der Waals surface area (Å²) in [7, 11) is 0. The van der Waals surface area contributed by atoms with Crippen LogP contribution >= 0.6 is 0 Å². The molecule has 1 atom stereocenters. The predicted molar refractivity (Wildman–Crippen MR) is 79.6 cm³/mol. The van der Waals surface area contributed by atoms with E-state index < -0.39 is 23.3 Å². The number of carbonyl (C=O) groups is 3. The molecule has 5 heteroatoms. The van der Waals surface area contributed by atoms with Crippen LogP contribution in [0.2, 0.25) is 0 Å². The zero-order valence-corrected chi connectivity index (χ0v) is 12.6. The van der Waals surface area contributed by atoms with Crippen LogP contribution in [0, 0.1) is 11.3 Å². The lowest BCUT2D eigenvalue weighted by Crippen LogP contribution is -2.64. The molecule has 0 radical (unpaired) electrons. The van der Waals surface area contributed by atoms with E-state index in [1.807, 2.05) is 19.9 Å². The highest BCUT2D eigenvalue weighted by Crippen LogP contribution is 2.37. The number of urea groups is 1. The van der Waals surface area contributed by atoms with Crippen molar-refractivity contribution < 1.29 is 14.4 Å². The molecule has 21 heavy (non-hydrogen) atoms. The van der Waals surface area contributed by atoms with E-state index in [2.05, 4.69) is 5.32 Å². The number of anilines is 1. The van der Waals surface area contributed by atoms with Crippen LogP contribution in [0.4, 0.5) is 10.5 Å². The molecule has 1 fully saturated rings. The van der Waals surface area contributed by atoms with Crippen molar-refractivity contribution in [2.75, 3.05) is 4.90 Å². The first-order valence-corrected chi connectivity index (χ1v) is 7.17. The van der Waals surface area contributed by atoms with E-state index in [1.165, 1.54) is 0 Å². The van der Waals surface area contributed by atoms with Crippen molar-refractivity contribution in [1.82, 2.24) is 5.32 Å². The second-order valence-electron chi connectivity index (χ2n) is 5.77. The number of benzene rings is 1. The van der Waals surface area contributed by atoms with Gasteiger partial charge in [-0.3, -0.25) is 14.9 Å². The molecule has 1 heterocycles. The first-order valence-electron chi connectivity index (χ1n) is 7.17. The summed E-state index contributed by atoms with van der Waals surface area (Å²) in [5.41, 5.74) is -0.688. The third kappa shape index (κ3) is 2.55. The number of amides is 4. The molecule has 0 aromatic heterocycles. The lowest BCUT2D eigenvalue weighted by atomic mass is 9.74. The third-order valence-electron chi connectivity index (χ3n) is 3.85. The van der Waals surface area contributed by atoms with Gasteiger partial charge in [-0.25, -0.2) is 9.69 Å². The van der Waals surface area contributed by atoms with Gasteiger partial charge in [0.1, 0.15) is 5.41 Å². The van der Waals surface area contributed by atoms with Crippen molar-refractivity contribution >= 4 is 23.5 Å². The van der Waals surface area contributed by atoms with Crippen LogP contribution in [0.25, 0.3) is 0 Å². The number of imide groups is 2. The Bertz CT molecular complexity index is 568. The van der Waals surface area contributed by atoms with Crippen LogP contribution in [-0.2, 0) is 9.59 Å². The monoisotopic (exact) mass is 288 g/mol. The Morgan fingerprint density at radius 1 is 1.14 bits per heavy atom. The maximum absolute atomic E-state index is 12.9. The molecule has 1 aliphatic rings. The van der Waals surface area contributed by atoms with Crippen molar-refractivity contribution in [1.29, 1.82) is 0 Å². The second kappa shape index (κ2) is 5.68. The summed E-state index contributed by atoms with van der Waals surface area (Å²) in [6.45, 7) is 5.72. The van der Waals surface area contributed by atoms with Gasteiger partial charge in [0.15, 0.2) is 0 Å². The number of nitrogens with zero attached hydrogens (tertiary/aromatic N) is 1. The zero-order chi connectivity index (χ0) is 15.6. The highest BCUT2D eigenvalue weighted by atomic mass is 16.2. The maximum Gasteiger partial charge on any atom is 0.335 e. The summed E-state index contributed by atoms with van der Waals surface area (Å²) < 4.78 is 0. The Morgan fingerprint density at radius 3 is 2.29 bits per heavy atom. The summed E-state index contributed by atoms with van der Waals surface area (Å²) in [6.07, 6.45) is 0.789. The smallest absolute Gasteiger partial charge is 0.276 e. The minimum absolute atomic E-state index is 0.172. The van der Waals surface area contributed by atoms with Gasteiger partial charge in [0.05, 0.1) is 5.69 Å². The molecule has 0 bridgehead atoms. The van der Waals surface area contributed by atoms with Crippen molar-refractivity contribution in [3.63, 3.8) is 0 Å². The van der Waals surface area contributed by atoms with E-state index in [1.54, 1.807) is 31.2 Å². The molecular weight excluding hydrogens is 268 g/mol. The number of nitrogens with one attached hydrogen (secondary N) is 1. The number of hydrogen-bond donors (Lipinski definition) is 1. The van der Waals surface area contributed by atoms with Crippen LogP contribution in [0.1, 0.15) is 33.6 Å². The molecule has 112 valence electrons.